The van der Waals surface area contributed by atoms with E-state index in [4.69, 9.17) is 4.74 Å². The summed E-state index contributed by atoms with van der Waals surface area (Å²) in [6.45, 7) is 5.60. The number of nitrogens with zero attached hydrogens (tertiary/aromatic N) is 1. The Bertz CT molecular complexity index is 990. The van der Waals surface area contributed by atoms with Gasteiger partial charge in [0.25, 0.3) is 5.91 Å². The van der Waals surface area contributed by atoms with Gasteiger partial charge in [0.15, 0.2) is 6.10 Å². The minimum atomic E-state index is -0.565. The Morgan fingerprint density at radius 2 is 1.63 bits per heavy atom. The van der Waals surface area contributed by atoms with Gasteiger partial charge in [0.1, 0.15) is 5.75 Å². The van der Waals surface area contributed by atoms with Crippen molar-refractivity contribution in [1.82, 2.24) is 10.2 Å². The molecule has 1 amide bonds. The SMILES string of the molecule is CC(Oc1cccc2ccccc12)C(=O)NCc1ccccc1CN1CCCCC1. The molecule has 1 unspecified atom stereocenters. The van der Waals surface area contributed by atoms with Crippen LogP contribution in [-0.2, 0) is 17.9 Å². The Kier molecular flexibility index (Phi) is 6.65. The van der Waals surface area contributed by atoms with Gasteiger partial charge in [-0.15, -0.1) is 0 Å². The molecule has 1 atom stereocenters. The second-order valence-corrected chi connectivity index (χ2v) is 8.06. The summed E-state index contributed by atoms with van der Waals surface area (Å²) in [7, 11) is 0. The van der Waals surface area contributed by atoms with Crippen LogP contribution in [0, 0.1) is 0 Å². The molecule has 1 N–H and O–H groups in total. The summed E-state index contributed by atoms with van der Waals surface area (Å²) in [5.74, 6) is 0.636. The molecule has 0 spiro atoms. The van der Waals surface area contributed by atoms with Crippen LogP contribution in [-0.4, -0.2) is 30.0 Å². The van der Waals surface area contributed by atoms with Crippen molar-refractivity contribution in [3.63, 3.8) is 0 Å². The van der Waals surface area contributed by atoms with Crippen molar-refractivity contribution in [1.29, 1.82) is 0 Å². The zero-order valence-electron chi connectivity index (χ0n) is 17.6. The zero-order valence-corrected chi connectivity index (χ0v) is 17.6. The summed E-state index contributed by atoms with van der Waals surface area (Å²) in [6.07, 6.45) is 3.33. The average Bonchev–Trinajstić information content (AvgIpc) is 2.79. The number of carbonyl (C=O) groups is 1. The van der Waals surface area contributed by atoms with Crippen molar-refractivity contribution in [2.45, 2.75) is 45.4 Å². The van der Waals surface area contributed by atoms with Gasteiger partial charge in [-0.2, -0.15) is 0 Å². The number of fused-ring (bicyclic) bond motifs is 1. The van der Waals surface area contributed by atoms with Crippen LogP contribution in [0.25, 0.3) is 10.8 Å². The molecule has 30 heavy (non-hydrogen) atoms. The van der Waals surface area contributed by atoms with Gasteiger partial charge in [0.2, 0.25) is 0 Å². The summed E-state index contributed by atoms with van der Waals surface area (Å²) in [5, 5.41) is 5.19. The number of benzene rings is 3. The number of hydrogen-bond acceptors (Lipinski definition) is 3. The lowest BCUT2D eigenvalue weighted by molar-refractivity contribution is -0.127. The quantitative estimate of drug-likeness (QED) is 0.611. The standard InChI is InChI=1S/C26H30N2O2/c1-20(30-25-15-9-13-21-10-5-6-14-24(21)25)26(29)27-18-22-11-3-4-12-23(22)19-28-16-7-2-8-17-28/h3-6,9-15,20H,2,7-8,16-19H2,1H3,(H,27,29). The van der Waals surface area contributed by atoms with Crippen molar-refractivity contribution in [3.05, 3.63) is 77.9 Å². The van der Waals surface area contributed by atoms with Crippen LogP contribution in [0.4, 0.5) is 0 Å². The number of hydrogen-bond donors (Lipinski definition) is 1. The van der Waals surface area contributed by atoms with E-state index in [2.05, 4.69) is 28.4 Å². The highest BCUT2D eigenvalue weighted by Crippen LogP contribution is 2.26. The first-order chi connectivity index (χ1) is 14.7. The van der Waals surface area contributed by atoms with Gasteiger partial charge in [-0.25, -0.2) is 0 Å². The Balaban J connectivity index is 1.37. The first kappa shape index (κ1) is 20.4. The fourth-order valence-electron chi connectivity index (χ4n) is 4.11. The number of piperidine rings is 1. The molecule has 4 nitrogen and oxygen atoms in total. The molecular formula is C26H30N2O2. The van der Waals surface area contributed by atoms with Gasteiger partial charge >= 0.3 is 0 Å². The van der Waals surface area contributed by atoms with Gasteiger partial charge in [0.05, 0.1) is 0 Å². The van der Waals surface area contributed by atoms with Crippen LogP contribution in [0.15, 0.2) is 66.7 Å². The predicted molar refractivity (Wildman–Crippen MR) is 121 cm³/mol. The molecule has 0 aromatic heterocycles. The van der Waals surface area contributed by atoms with Gasteiger partial charge in [-0.3, -0.25) is 9.69 Å². The molecular weight excluding hydrogens is 372 g/mol. The molecule has 0 saturated carbocycles. The lowest BCUT2D eigenvalue weighted by atomic mass is 10.0. The van der Waals surface area contributed by atoms with Crippen LogP contribution in [0.2, 0.25) is 0 Å². The van der Waals surface area contributed by atoms with Crippen molar-refractivity contribution in [2.75, 3.05) is 13.1 Å². The van der Waals surface area contributed by atoms with Crippen molar-refractivity contribution in [2.24, 2.45) is 0 Å². The monoisotopic (exact) mass is 402 g/mol. The highest BCUT2D eigenvalue weighted by molar-refractivity contribution is 5.89. The molecule has 1 fully saturated rings. The van der Waals surface area contributed by atoms with E-state index in [1.54, 1.807) is 6.92 Å². The minimum Gasteiger partial charge on any atom is -0.480 e. The Labute approximate surface area is 178 Å². The smallest absolute Gasteiger partial charge is 0.261 e. The third-order valence-corrected chi connectivity index (χ3v) is 5.84. The van der Waals surface area contributed by atoms with Crippen LogP contribution in [0.5, 0.6) is 5.75 Å². The molecule has 3 aromatic rings. The summed E-state index contributed by atoms with van der Waals surface area (Å²) in [4.78, 5) is 15.2. The van der Waals surface area contributed by atoms with Gasteiger partial charge in [0, 0.05) is 18.5 Å². The first-order valence-electron chi connectivity index (χ1n) is 10.9. The van der Waals surface area contributed by atoms with E-state index in [1.165, 1.54) is 30.4 Å². The maximum atomic E-state index is 12.7. The molecule has 1 heterocycles. The largest absolute Gasteiger partial charge is 0.480 e. The van der Waals surface area contributed by atoms with Crippen LogP contribution in [0.1, 0.15) is 37.3 Å². The average molecular weight is 403 g/mol. The van der Waals surface area contributed by atoms with E-state index in [9.17, 15) is 4.79 Å². The molecule has 0 aliphatic carbocycles. The van der Waals surface area contributed by atoms with E-state index < -0.39 is 6.10 Å². The van der Waals surface area contributed by atoms with Gasteiger partial charge in [-0.05, 0) is 55.4 Å². The minimum absolute atomic E-state index is 0.101. The normalized spacial score (nSPS) is 15.6. The molecule has 1 saturated heterocycles. The number of carbonyl (C=O) groups excluding carboxylic acids is 1. The Morgan fingerprint density at radius 3 is 2.47 bits per heavy atom. The maximum Gasteiger partial charge on any atom is 0.261 e. The molecule has 0 bridgehead atoms. The summed E-state index contributed by atoms with van der Waals surface area (Å²) in [5.41, 5.74) is 2.47. The first-order valence-corrected chi connectivity index (χ1v) is 10.9. The Morgan fingerprint density at radius 1 is 0.933 bits per heavy atom. The third kappa shape index (κ3) is 5.00. The zero-order chi connectivity index (χ0) is 20.8. The Hall–Kier alpha value is -2.85. The highest BCUT2D eigenvalue weighted by atomic mass is 16.5. The molecule has 1 aliphatic heterocycles. The van der Waals surface area contributed by atoms with E-state index in [-0.39, 0.29) is 5.91 Å². The number of likely N-dealkylation sites (tertiary alicyclic amines) is 1. The maximum absolute atomic E-state index is 12.7. The number of nitrogens with one attached hydrogen (secondary N) is 1. The second-order valence-electron chi connectivity index (χ2n) is 8.06. The van der Waals surface area contributed by atoms with E-state index in [0.717, 1.165) is 36.2 Å². The molecule has 3 aromatic carbocycles. The topological polar surface area (TPSA) is 41.6 Å². The van der Waals surface area contributed by atoms with Crippen LogP contribution < -0.4 is 10.1 Å². The third-order valence-electron chi connectivity index (χ3n) is 5.84. The summed E-state index contributed by atoms with van der Waals surface area (Å²) < 4.78 is 6.01. The van der Waals surface area contributed by atoms with Crippen LogP contribution >= 0.6 is 0 Å². The van der Waals surface area contributed by atoms with Crippen LogP contribution in [0.3, 0.4) is 0 Å². The molecule has 156 valence electrons. The number of rotatable bonds is 7. The lowest BCUT2D eigenvalue weighted by Crippen LogP contribution is -2.36. The fraction of sp³-hybridized carbons (Fsp3) is 0.346. The van der Waals surface area contributed by atoms with Crippen molar-refractivity contribution >= 4 is 16.7 Å². The van der Waals surface area contributed by atoms with E-state index in [1.807, 2.05) is 48.5 Å². The van der Waals surface area contributed by atoms with Gasteiger partial charge < -0.3 is 10.1 Å². The molecule has 1 aliphatic rings. The predicted octanol–water partition coefficient (Wildman–Crippen LogP) is 4.91. The van der Waals surface area contributed by atoms with Crippen molar-refractivity contribution in [3.8, 4) is 5.75 Å². The lowest BCUT2D eigenvalue weighted by Gasteiger charge is -2.27. The van der Waals surface area contributed by atoms with E-state index in [0.29, 0.717) is 6.54 Å². The number of ether oxygens (including phenoxy) is 1. The molecule has 0 radical (unpaired) electrons. The summed E-state index contributed by atoms with van der Waals surface area (Å²) in [6, 6.07) is 22.4. The summed E-state index contributed by atoms with van der Waals surface area (Å²) >= 11 is 0. The molecule has 4 heteroatoms. The molecule has 4 rings (SSSR count). The van der Waals surface area contributed by atoms with Crippen molar-refractivity contribution < 1.29 is 9.53 Å². The highest BCUT2D eigenvalue weighted by Gasteiger charge is 2.17. The van der Waals surface area contributed by atoms with Gasteiger partial charge in [-0.1, -0.05) is 67.1 Å². The second kappa shape index (κ2) is 9.77. The number of amides is 1. The van der Waals surface area contributed by atoms with E-state index >= 15 is 0 Å². The fourth-order valence-corrected chi connectivity index (χ4v) is 4.11.